The highest BCUT2D eigenvalue weighted by Gasteiger charge is 2.22. The van der Waals surface area contributed by atoms with Crippen molar-refractivity contribution in [3.05, 3.63) is 102 Å². The molecule has 1 radical (unpaired) electrons. The van der Waals surface area contributed by atoms with Gasteiger partial charge in [-0.15, -0.1) is 0 Å². The van der Waals surface area contributed by atoms with Crippen LogP contribution in [0.15, 0.2) is 91.0 Å². The van der Waals surface area contributed by atoms with Crippen LogP contribution in [0.4, 0.5) is 0 Å². The Kier molecular flexibility index (Phi) is 4.25. The molecule has 0 saturated carbocycles. The highest BCUT2D eigenvalue weighted by Crippen LogP contribution is 2.13. The fourth-order valence-electron chi connectivity index (χ4n) is 3.60. The number of rotatable bonds is 3. The minimum atomic E-state index is -1.05. The van der Waals surface area contributed by atoms with E-state index in [4.69, 9.17) is 0 Å². The molecule has 0 nitrogen and oxygen atoms in total. The van der Waals surface area contributed by atoms with Gasteiger partial charge in [-0.2, -0.15) is 0 Å². The molecule has 0 spiro atoms. The maximum Gasteiger partial charge on any atom is 0.155 e. The zero-order valence-corrected chi connectivity index (χ0v) is 15.7. The first kappa shape index (κ1) is 15.9. The van der Waals surface area contributed by atoms with Gasteiger partial charge in [-0.3, -0.25) is 0 Å². The van der Waals surface area contributed by atoms with Gasteiger partial charge in [0.1, 0.15) is 0 Å². The largest absolute Gasteiger partial charge is 0.155 e. The summed E-state index contributed by atoms with van der Waals surface area (Å²) >= 11 is 0. The third kappa shape index (κ3) is 3.03. The second-order valence-corrected chi connectivity index (χ2v) is 8.99. The van der Waals surface area contributed by atoms with Crippen LogP contribution in [0.2, 0.25) is 0 Å². The Hall–Kier alpha value is -2.64. The van der Waals surface area contributed by atoms with Crippen LogP contribution in [0.5, 0.6) is 0 Å². The van der Waals surface area contributed by atoms with E-state index in [1.807, 2.05) is 0 Å². The van der Waals surface area contributed by atoms with E-state index >= 15 is 0 Å². The van der Waals surface area contributed by atoms with Crippen LogP contribution in [-0.4, -0.2) is 8.80 Å². The molecule has 4 rings (SSSR count). The van der Waals surface area contributed by atoms with Crippen LogP contribution in [0.1, 0.15) is 11.1 Å². The van der Waals surface area contributed by atoms with Crippen molar-refractivity contribution in [3.63, 3.8) is 0 Å². The predicted molar refractivity (Wildman–Crippen MR) is 111 cm³/mol. The molecular formula is C24H21Si. The molecule has 0 aromatic heterocycles. The molecule has 0 bridgehead atoms. The second-order valence-electron chi connectivity index (χ2n) is 6.59. The molecule has 0 atom stereocenters. The summed E-state index contributed by atoms with van der Waals surface area (Å²) in [6, 6.07) is 33.4. The molecule has 0 amide bonds. The van der Waals surface area contributed by atoms with Gasteiger partial charge in [-0.05, 0) is 35.0 Å². The maximum atomic E-state index is 2.34. The summed E-state index contributed by atoms with van der Waals surface area (Å²) in [5.41, 5.74) is 2.72. The smallest absolute Gasteiger partial charge is 0.0624 e. The van der Waals surface area contributed by atoms with Gasteiger partial charge in [0, 0.05) is 0 Å². The molecule has 0 aliphatic heterocycles. The minimum absolute atomic E-state index is 1.05. The molecule has 4 aromatic carbocycles. The second kappa shape index (κ2) is 6.70. The van der Waals surface area contributed by atoms with E-state index in [1.165, 1.54) is 37.5 Å². The van der Waals surface area contributed by atoms with Crippen molar-refractivity contribution in [1.29, 1.82) is 0 Å². The first-order valence-electron chi connectivity index (χ1n) is 8.72. The lowest BCUT2D eigenvalue weighted by Gasteiger charge is -2.21. The number of aryl methyl sites for hydroxylation is 2. The maximum absolute atomic E-state index is 2.34. The Balaban J connectivity index is 2.01. The van der Waals surface area contributed by atoms with Crippen LogP contribution in [0.25, 0.3) is 10.8 Å². The molecule has 25 heavy (non-hydrogen) atoms. The van der Waals surface area contributed by atoms with Gasteiger partial charge in [-0.1, -0.05) is 107 Å². The molecule has 121 valence electrons. The first-order chi connectivity index (χ1) is 12.2. The lowest BCUT2D eigenvalue weighted by molar-refractivity contribution is 1.41. The van der Waals surface area contributed by atoms with Crippen molar-refractivity contribution in [2.75, 3.05) is 0 Å². The molecule has 0 heterocycles. The standard InChI is InChI=1S/C24H21Si/c1-18-15-16-23(19(2)17-18)25(21-11-4-3-5-12-21)24-14-8-10-20-9-6-7-13-22(20)24/h3-17H,1-2H3. The van der Waals surface area contributed by atoms with Gasteiger partial charge in [-0.25, -0.2) is 0 Å². The van der Waals surface area contributed by atoms with Crippen molar-refractivity contribution >= 4 is 35.1 Å². The molecule has 0 saturated heterocycles. The monoisotopic (exact) mass is 337 g/mol. The van der Waals surface area contributed by atoms with Gasteiger partial charge < -0.3 is 0 Å². The highest BCUT2D eigenvalue weighted by molar-refractivity contribution is 6.97. The third-order valence-corrected chi connectivity index (χ3v) is 7.76. The van der Waals surface area contributed by atoms with Crippen LogP contribution < -0.4 is 15.6 Å². The van der Waals surface area contributed by atoms with Gasteiger partial charge in [0.2, 0.25) is 0 Å². The minimum Gasteiger partial charge on any atom is -0.0624 e. The van der Waals surface area contributed by atoms with Gasteiger partial charge >= 0.3 is 0 Å². The molecule has 0 aliphatic rings. The Morgan fingerprint density at radius 1 is 0.600 bits per heavy atom. The zero-order chi connectivity index (χ0) is 17.2. The van der Waals surface area contributed by atoms with Crippen LogP contribution >= 0.6 is 0 Å². The van der Waals surface area contributed by atoms with Crippen molar-refractivity contribution < 1.29 is 0 Å². The summed E-state index contributed by atoms with van der Waals surface area (Å²) in [5.74, 6) is 0. The van der Waals surface area contributed by atoms with Crippen molar-refractivity contribution in [3.8, 4) is 0 Å². The highest BCUT2D eigenvalue weighted by atomic mass is 28.3. The van der Waals surface area contributed by atoms with Gasteiger partial charge in [0.15, 0.2) is 8.80 Å². The number of hydrogen-bond donors (Lipinski definition) is 0. The Labute approximate surface area is 151 Å². The van der Waals surface area contributed by atoms with E-state index in [9.17, 15) is 0 Å². The fourth-order valence-corrected chi connectivity index (χ4v) is 6.51. The molecular weight excluding hydrogens is 316 g/mol. The topological polar surface area (TPSA) is 0 Å². The number of benzene rings is 4. The summed E-state index contributed by atoms with van der Waals surface area (Å²) < 4.78 is 0. The van der Waals surface area contributed by atoms with Crippen LogP contribution in [0.3, 0.4) is 0 Å². The Morgan fingerprint density at radius 3 is 2.12 bits per heavy atom. The summed E-state index contributed by atoms with van der Waals surface area (Å²) in [6.07, 6.45) is 0. The van der Waals surface area contributed by atoms with Crippen molar-refractivity contribution in [1.82, 2.24) is 0 Å². The number of fused-ring (bicyclic) bond motifs is 1. The normalized spacial score (nSPS) is 11.2. The predicted octanol–water partition coefficient (Wildman–Crippen LogP) is 3.97. The fraction of sp³-hybridized carbons (Fsp3) is 0.0833. The summed E-state index contributed by atoms with van der Waals surface area (Å²) in [4.78, 5) is 0. The average Bonchev–Trinajstić information content (AvgIpc) is 2.65. The molecule has 0 fully saturated rings. The summed E-state index contributed by atoms with van der Waals surface area (Å²) in [6.45, 7) is 4.42. The Bertz CT molecular complexity index is 1010. The SMILES string of the molecule is Cc1ccc([Si](c2ccccc2)c2cccc3ccccc23)c(C)c1. The average molecular weight is 338 g/mol. The van der Waals surface area contributed by atoms with Crippen molar-refractivity contribution in [2.24, 2.45) is 0 Å². The van der Waals surface area contributed by atoms with Crippen molar-refractivity contribution in [2.45, 2.75) is 13.8 Å². The first-order valence-corrected chi connectivity index (χ1v) is 10.2. The quantitative estimate of drug-likeness (QED) is 0.392. The van der Waals surface area contributed by atoms with Crippen LogP contribution in [-0.2, 0) is 0 Å². The Morgan fingerprint density at radius 2 is 1.32 bits per heavy atom. The lowest BCUT2D eigenvalue weighted by Crippen LogP contribution is -2.53. The van der Waals surface area contributed by atoms with Gasteiger partial charge in [0.05, 0.1) is 0 Å². The summed E-state index contributed by atoms with van der Waals surface area (Å²) in [5, 5.41) is 7.10. The molecule has 0 N–H and O–H groups in total. The summed E-state index contributed by atoms with van der Waals surface area (Å²) in [7, 11) is -1.05. The number of hydrogen-bond acceptors (Lipinski definition) is 0. The van der Waals surface area contributed by atoms with Gasteiger partial charge in [0.25, 0.3) is 0 Å². The van der Waals surface area contributed by atoms with Crippen LogP contribution in [0, 0.1) is 13.8 Å². The zero-order valence-electron chi connectivity index (χ0n) is 14.7. The third-order valence-electron chi connectivity index (χ3n) is 4.77. The molecule has 1 heteroatoms. The van der Waals surface area contributed by atoms with E-state index in [2.05, 4.69) is 105 Å². The van der Waals surface area contributed by atoms with E-state index in [0.29, 0.717) is 0 Å². The lowest BCUT2D eigenvalue weighted by atomic mass is 10.1. The van der Waals surface area contributed by atoms with E-state index in [0.717, 1.165) is 0 Å². The van der Waals surface area contributed by atoms with E-state index in [-0.39, 0.29) is 0 Å². The molecule has 0 aliphatic carbocycles. The molecule has 4 aromatic rings. The molecule has 0 unspecified atom stereocenters. The van der Waals surface area contributed by atoms with E-state index in [1.54, 1.807) is 0 Å². The van der Waals surface area contributed by atoms with E-state index < -0.39 is 8.80 Å².